The maximum absolute atomic E-state index is 11.5. The molecule has 104 valence electrons. The summed E-state index contributed by atoms with van der Waals surface area (Å²) in [7, 11) is 0. The van der Waals surface area contributed by atoms with Gasteiger partial charge in [0.25, 0.3) is 0 Å². The molecule has 2 unspecified atom stereocenters. The van der Waals surface area contributed by atoms with Gasteiger partial charge in [0.1, 0.15) is 6.04 Å². The van der Waals surface area contributed by atoms with Gasteiger partial charge in [0.05, 0.1) is 5.92 Å². The zero-order valence-electron chi connectivity index (χ0n) is 10.9. The minimum Gasteiger partial charge on any atom is -0.481 e. The summed E-state index contributed by atoms with van der Waals surface area (Å²) in [5.74, 6) is -2.35. The van der Waals surface area contributed by atoms with Gasteiger partial charge in [0, 0.05) is 6.54 Å². The smallest absolute Gasteiger partial charge is 0.315 e. The van der Waals surface area contributed by atoms with Crippen molar-refractivity contribution in [2.45, 2.75) is 33.2 Å². The van der Waals surface area contributed by atoms with Crippen LogP contribution in [0.15, 0.2) is 0 Å². The lowest BCUT2D eigenvalue weighted by Gasteiger charge is -2.20. The van der Waals surface area contributed by atoms with Gasteiger partial charge in [-0.2, -0.15) is 0 Å². The van der Waals surface area contributed by atoms with Crippen LogP contribution >= 0.6 is 0 Å². The number of urea groups is 1. The van der Waals surface area contributed by atoms with E-state index >= 15 is 0 Å². The maximum atomic E-state index is 11.5. The summed E-state index contributed by atoms with van der Waals surface area (Å²) in [6, 6.07) is -1.36. The molecule has 0 spiro atoms. The highest BCUT2D eigenvalue weighted by Gasteiger charge is 2.22. The zero-order valence-corrected chi connectivity index (χ0v) is 10.9. The molecule has 0 aromatic heterocycles. The first kappa shape index (κ1) is 16.2. The van der Waals surface area contributed by atoms with Crippen LogP contribution in [-0.4, -0.2) is 35.6 Å². The summed E-state index contributed by atoms with van der Waals surface area (Å²) in [6.45, 7) is 5.24. The van der Waals surface area contributed by atoms with Gasteiger partial charge < -0.3 is 21.5 Å². The molecule has 18 heavy (non-hydrogen) atoms. The fourth-order valence-corrected chi connectivity index (χ4v) is 1.38. The molecule has 0 heterocycles. The van der Waals surface area contributed by atoms with E-state index in [2.05, 4.69) is 10.6 Å². The Labute approximate surface area is 106 Å². The van der Waals surface area contributed by atoms with Crippen LogP contribution in [0.5, 0.6) is 0 Å². The van der Waals surface area contributed by atoms with E-state index < -0.39 is 29.9 Å². The Hall–Kier alpha value is -1.79. The van der Waals surface area contributed by atoms with E-state index in [1.54, 1.807) is 20.8 Å². The van der Waals surface area contributed by atoms with Crippen LogP contribution in [0, 0.1) is 11.8 Å². The summed E-state index contributed by atoms with van der Waals surface area (Å²) in [6.07, 6.45) is 0.416. The van der Waals surface area contributed by atoms with Gasteiger partial charge in [-0.3, -0.25) is 9.59 Å². The van der Waals surface area contributed by atoms with E-state index in [4.69, 9.17) is 10.8 Å². The predicted molar refractivity (Wildman–Crippen MR) is 65.8 cm³/mol. The van der Waals surface area contributed by atoms with Crippen LogP contribution in [0.25, 0.3) is 0 Å². The van der Waals surface area contributed by atoms with Crippen molar-refractivity contribution in [1.29, 1.82) is 0 Å². The second-order valence-corrected chi connectivity index (χ2v) is 4.42. The van der Waals surface area contributed by atoms with Crippen molar-refractivity contribution >= 4 is 17.9 Å². The van der Waals surface area contributed by atoms with E-state index in [9.17, 15) is 14.4 Å². The minimum absolute atomic E-state index is 0.0151. The average molecular weight is 259 g/mol. The zero-order chi connectivity index (χ0) is 14.3. The number of carbonyl (C=O) groups is 3. The van der Waals surface area contributed by atoms with Crippen molar-refractivity contribution < 1.29 is 19.5 Å². The second-order valence-electron chi connectivity index (χ2n) is 4.42. The molecule has 0 saturated carbocycles. The predicted octanol–water partition coefficient (Wildman–Crippen LogP) is -0.0937. The Kier molecular flexibility index (Phi) is 6.77. The van der Waals surface area contributed by atoms with Gasteiger partial charge in [-0.1, -0.05) is 20.8 Å². The lowest BCUT2D eigenvalue weighted by molar-refractivity contribution is -0.141. The van der Waals surface area contributed by atoms with Crippen LogP contribution in [0.4, 0.5) is 4.79 Å². The molecule has 0 bridgehead atoms. The molecular formula is C11H21N3O4. The molecule has 0 aromatic rings. The molecule has 5 N–H and O–H groups in total. The number of amides is 3. The highest BCUT2D eigenvalue weighted by molar-refractivity contribution is 5.86. The number of carboxylic acids is 1. The van der Waals surface area contributed by atoms with E-state index in [1.165, 1.54) is 0 Å². The van der Waals surface area contributed by atoms with E-state index in [0.29, 0.717) is 6.42 Å². The van der Waals surface area contributed by atoms with Crippen molar-refractivity contribution in [3.63, 3.8) is 0 Å². The lowest BCUT2D eigenvalue weighted by atomic mass is 10.0. The SMILES string of the molecule is CCC(CNC(=O)NC(C(N)=O)C(C)C)C(=O)O. The number of rotatable bonds is 7. The molecule has 0 aliphatic heterocycles. The van der Waals surface area contributed by atoms with E-state index in [0.717, 1.165) is 0 Å². The first-order chi connectivity index (χ1) is 8.29. The van der Waals surface area contributed by atoms with Crippen LogP contribution in [0.1, 0.15) is 27.2 Å². The first-order valence-electron chi connectivity index (χ1n) is 5.86. The molecule has 0 aromatic carbocycles. The Morgan fingerprint density at radius 1 is 1.28 bits per heavy atom. The lowest BCUT2D eigenvalue weighted by Crippen LogP contribution is -2.51. The van der Waals surface area contributed by atoms with Gasteiger partial charge >= 0.3 is 12.0 Å². The fraction of sp³-hybridized carbons (Fsp3) is 0.727. The number of carbonyl (C=O) groups excluding carboxylic acids is 2. The summed E-state index contributed by atoms with van der Waals surface area (Å²) in [5, 5.41) is 13.6. The largest absolute Gasteiger partial charge is 0.481 e. The quantitative estimate of drug-likeness (QED) is 0.510. The molecule has 0 aliphatic carbocycles. The number of aliphatic carboxylic acids is 1. The number of carboxylic acid groups (broad SMARTS) is 1. The molecule has 0 radical (unpaired) electrons. The number of primary amides is 1. The summed E-state index contributed by atoms with van der Waals surface area (Å²) in [4.78, 5) is 33.3. The van der Waals surface area contributed by atoms with Crippen molar-refractivity contribution in [2.24, 2.45) is 17.6 Å². The van der Waals surface area contributed by atoms with Gasteiger partial charge in [-0.25, -0.2) is 4.79 Å². The van der Waals surface area contributed by atoms with Gasteiger partial charge in [-0.15, -0.1) is 0 Å². The molecular weight excluding hydrogens is 238 g/mol. The van der Waals surface area contributed by atoms with Crippen molar-refractivity contribution in [3.8, 4) is 0 Å². The molecule has 7 heteroatoms. The number of hydrogen-bond acceptors (Lipinski definition) is 3. The van der Waals surface area contributed by atoms with Crippen LogP contribution in [0.2, 0.25) is 0 Å². The average Bonchev–Trinajstić information content (AvgIpc) is 2.25. The van der Waals surface area contributed by atoms with E-state index in [-0.39, 0.29) is 12.5 Å². The molecule has 0 saturated heterocycles. The Morgan fingerprint density at radius 3 is 2.17 bits per heavy atom. The Morgan fingerprint density at radius 2 is 1.83 bits per heavy atom. The number of hydrogen-bond donors (Lipinski definition) is 4. The summed E-state index contributed by atoms with van der Waals surface area (Å²) in [5.41, 5.74) is 5.14. The van der Waals surface area contributed by atoms with Crippen LogP contribution < -0.4 is 16.4 Å². The monoisotopic (exact) mass is 259 g/mol. The molecule has 0 rings (SSSR count). The van der Waals surface area contributed by atoms with Crippen molar-refractivity contribution in [1.82, 2.24) is 10.6 Å². The second kappa shape index (κ2) is 7.52. The van der Waals surface area contributed by atoms with Crippen LogP contribution in [0.3, 0.4) is 0 Å². The number of nitrogens with two attached hydrogens (primary N) is 1. The maximum Gasteiger partial charge on any atom is 0.315 e. The first-order valence-corrected chi connectivity index (χ1v) is 5.86. The molecule has 7 nitrogen and oxygen atoms in total. The molecule has 3 amide bonds. The highest BCUT2D eigenvalue weighted by Crippen LogP contribution is 2.02. The summed E-state index contributed by atoms with van der Waals surface area (Å²) < 4.78 is 0. The standard InChI is InChI=1S/C11H21N3O4/c1-4-7(10(16)17)5-13-11(18)14-8(6(2)3)9(12)15/h6-8H,4-5H2,1-3H3,(H2,12,15)(H,16,17)(H2,13,14,18). The van der Waals surface area contributed by atoms with Gasteiger partial charge in [0.15, 0.2) is 0 Å². The van der Waals surface area contributed by atoms with Gasteiger partial charge in [0.2, 0.25) is 5.91 Å². The third-order valence-electron chi connectivity index (χ3n) is 2.61. The van der Waals surface area contributed by atoms with E-state index in [1.807, 2.05) is 0 Å². The summed E-state index contributed by atoms with van der Waals surface area (Å²) >= 11 is 0. The highest BCUT2D eigenvalue weighted by atomic mass is 16.4. The molecule has 0 aliphatic rings. The molecule has 0 fully saturated rings. The van der Waals surface area contributed by atoms with Crippen LogP contribution in [-0.2, 0) is 9.59 Å². The Bertz CT molecular complexity index is 317. The normalized spacial score (nSPS) is 13.8. The number of nitrogens with one attached hydrogen (secondary N) is 2. The minimum atomic E-state index is -0.965. The fourth-order valence-electron chi connectivity index (χ4n) is 1.38. The van der Waals surface area contributed by atoms with Crippen molar-refractivity contribution in [3.05, 3.63) is 0 Å². The van der Waals surface area contributed by atoms with Gasteiger partial charge in [-0.05, 0) is 12.3 Å². The third kappa shape index (κ3) is 5.51. The Balaban J connectivity index is 4.25. The van der Waals surface area contributed by atoms with Crippen molar-refractivity contribution in [2.75, 3.05) is 6.54 Å². The molecule has 2 atom stereocenters. The third-order valence-corrected chi connectivity index (χ3v) is 2.61. The topological polar surface area (TPSA) is 122 Å².